The first kappa shape index (κ1) is 21.7. The van der Waals surface area contributed by atoms with Crippen LogP contribution in [0.3, 0.4) is 0 Å². The average molecular weight is 408 g/mol. The van der Waals surface area contributed by atoms with E-state index < -0.39 is 17.4 Å². The highest BCUT2D eigenvalue weighted by Crippen LogP contribution is 2.19. The van der Waals surface area contributed by atoms with Gasteiger partial charge in [0.15, 0.2) is 0 Å². The van der Waals surface area contributed by atoms with E-state index in [-0.39, 0.29) is 12.6 Å². The summed E-state index contributed by atoms with van der Waals surface area (Å²) in [5.74, 6) is 0. The molecule has 0 radical (unpaired) electrons. The minimum absolute atomic E-state index is 0.288. The molecule has 158 valence electrons. The fourth-order valence-corrected chi connectivity index (χ4v) is 3.68. The molecule has 30 heavy (non-hydrogen) atoms. The third-order valence-corrected chi connectivity index (χ3v) is 5.24. The summed E-state index contributed by atoms with van der Waals surface area (Å²) in [7, 11) is 0. The van der Waals surface area contributed by atoms with Gasteiger partial charge in [-0.2, -0.15) is 0 Å². The second-order valence-electron chi connectivity index (χ2n) is 7.56. The van der Waals surface area contributed by atoms with Gasteiger partial charge in [0.25, 0.3) is 5.56 Å². The lowest BCUT2D eigenvalue weighted by Crippen LogP contribution is -2.47. The summed E-state index contributed by atoms with van der Waals surface area (Å²) in [6.07, 6.45) is 2.35. The third kappa shape index (κ3) is 6.02. The topological polar surface area (TPSA) is 78.3 Å². The molecule has 0 bridgehead atoms. The summed E-state index contributed by atoms with van der Waals surface area (Å²) in [5.41, 5.74) is 1.38. The molecule has 0 unspecified atom stereocenters. The van der Waals surface area contributed by atoms with Crippen LogP contribution < -0.4 is 11.2 Å². The molecule has 0 aliphatic heterocycles. The second-order valence-corrected chi connectivity index (χ2v) is 7.56. The SMILES string of the molecule is CCC[C@H](O)[C@@H](Cn1ccc(=O)[nH]c1=O)N(Cc1ccccc1)Cc1ccccc1. The molecule has 0 fully saturated rings. The molecule has 3 aromatic rings. The summed E-state index contributed by atoms with van der Waals surface area (Å²) in [5, 5.41) is 11.0. The number of hydrogen-bond donors (Lipinski definition) is 2. The van der Waals surface area contributed by atoms with Crippen molar-refractivity contribution >= 4 is 0 Å². The van der Waals surface area contributed by atoms with E-state index in [0.29, 0.717) is 19.5 Å². The molecule has 1 heterocycles. The lowest BCUT2D eigenvalue weighted by molar-refractivity contribution is 0.0237. The summed E-state index contributed by atoms with van der Waals surface area (Å²) >= 11 is 0. The Morgan fingerprint density at radius 1 is 0.933 bits per heavy atom. The lowest BCUT2D eigenvalue weighted by atomic mass is 10.0. The molecule has 0 spiro atoms. The maximum absolute atomic E-state index is 12.3. The fourth-order valence-electron chi connectivity index (χ4n) is 3.68. The van der Waals surface area contributed by atoms with Gasteiger partial charge in [-0.3, -0.25) is 19.2 Å². The van der Waals surface area contributed by atoms with Crippen LogP contribution in [-0.4, -0.2) is 31.7 Å². The van der Waals surface area contributed by atoms with Crippen LogP contribution in [0.2, 0.25) is 0 Å². The maximum Gasteiger partial charge on any atom is 0.328 e. The van der Waals surface area contributed by atoms with Gasteiger partial charge < -0.3 is 5.11 Å². The van der Waals surface area contributed by atoms with Crippen molar-refractivity contribution in [2.45, 2.75) is 51.5 Å². The van der Waals surface area contributed by atoms with E-state index >= 15 is 0 Å². The molecule has 6 nitrogen and oxygen atoms in total. The van der Waals surface area contributed by atoms with Gasteiger partial charge in [0.1, 0.15) is 0 Å². The normalized spacial score (nSPS) is 13.3. The Morgan fingerprint density at radius 3 is 2.00 bits per heavy atom. The number of aromatic amines is 1. The van der Waals surface area contributed by atoms with Crippen LogP contribution in [0.25, 0.3) is 0 Å². The molecule has 3 rings (SSSR count). The first-order valence-corrected chi connectivity index (χ1v) is 10.4. The van der Waals surface area contributed by atoms with Crippen molar-refractivity contribution in [3.8, 4) is 0 Å². The van der Waals surface area contributed by atoms with Crippen LogP contribution in [0.4, 0.5) is 0 Å². The Balaban J connectivity index is 1.95. The van der Waals surface area contributed by atoms with Crippen molar-refractivity contribution in [2.24, 2.45) is 0 Å². The molecule has 0 aliphatic carbocycles. The zero-order valence-electron chi connectivity index (χ0n) is 17.3. The number of benzene rings is 2. The minimum atomic E-state index is -0.610. The molecular weight excluding hydrogens is 378 g/mol. The Labute approximate surface area is 176 Å². The number of H-pyrrole nitrogens is 1. The van der Waals surface area contributed by atoms with Crippen molar-refractivity contribution < 1.29 is 5.11 Å². The van der Waals surface area contributed by atoms with Gasteiger partial charge in [-0.25, -0.2) is 4.79 Å². The number of hydrogen-bond acceptors (Lipinski definition) is 4. The highest BCUT2D eigenvalue weighted by atomic mass is 16.3. The first-order valence-electron chi connectivity index (χ1n) is 10.4. The number of rotatable bonds is 10. The number of aliphatic hydroxyl groups excluding tert-OH is 1. The summed E-state index contributed by atoms with van der Waals surface area (Å²) in [4.78, 5) is 28.3. The standard InChI is InChI=1S/C24H29N3O3/c1-2-9-22(28)21(18-26-15-14-23(29)25-24(26)30)27(16-19-10-5-3-6-11-19)17-20-12-7-4-8-13-20/h3-8,10-15,21-22,28H,2,9,16-18H2,1H3,(H,25,29,30)/t21-,22+/m1/s1. The molecular formula is C24H29N3O3. The molecule has 6 heteroatoms. The second kappa shape index (κ2) is 10.7. The number of nitrogens with one attached hydrogen (secondary N) is 1. The molecule has 1 aromatic heterocycles. The van der Waals surface area contributed by atoms with Crippen LogP contribution in [0.15, 0.2) is 82.5 Å². The van der Waals surface area contributed by atoms with Gasteiger partial charge >= 0.3 is 5.69 Å². The first-order chi connectivity index (χ1) is 14.6. The maximum atomic E-state index is 12.3. The van der Waals surface area contributed by atoms with Crippen molar-refractivity contribution in [1.82, 2.24) is 14.5 Å². The van der Waals surface area contributed by atoms with E-state index in [1.807, 2.05) is 43.3 Å². The van der Waals surface area contributed by atoms with Crippen molar-refractivity contribution in [3.63, 3.8) is 0 Å². The van der Waals surface area contributed by atoms with Crippen molar-refractivity contribution in [2.75, 3.05) is 0 Å². The van der Waals surface area contributed by atoms with Crippen molar-refractivity contribution in [1.29, 1.82) is 0 Å². The Bertz CT molecular complexity index is 973. The van der Waals surface area contributed by atoms with E-state index in [1.165, 1.54) is 16.8 Å². The highest BCUT2D eigenvalue weighted by Gasteiger charge is 2.27. The molecule has 0 amide bonds. The molecule has 2 atom stereocenters. The third-order valence-electron chi connectivity index (χ3n) is 5.24. The fraction of sp³-hybridized carbons (Fsp3) is 0.333. The van der Waals surface area contributed by atoms with E-state index in [9.17, 15) is 14.7 Å². The van der Waals surface area contributed by atoms with E-state index in [4.69, 9.17) is 0 Å². The van der Waals surface area contributed by atoms with E-state index in [2.05, 4.69) is 34.1 Å². The number of nitrogens with zero attached hydrogens (tertiary/aromatic N) is 2. The van der Waals surface area contributed by atoms with Crippen LogP contribution in [0.5, 0.6) is 0 Å². The molecule has 0 aliphatic rings. The van der Waals surface area contributed by atoms with E-state index in [1.54, 1.807) is 0 Å². The van der Waals surface area contributed by atoms with Crippen LogP contribution >= 0.6 is 0 Å². The molecule has 0 saturated heterocycles. The van der Waals surface area contributed by atoms with Gasteiger partial charge in [0.05, 0.1) is 12.1 Å². The largest absolute Gasteiger partial charge is 0.391 e. The van der Waals surface area contributed by atoms with Gasteiger partial charge in [-0.15, -0.1) is 0 Å². The highest BCUT2D eigenvalue weighted by molar-refractivity contribution is 5.17. The van der Waals surface area contributed by atoms with E-state index in [0.717, 1.165) is 17.5 Å². The smallest absolute Gasteiger partial charge is 0.328 e. The van der Waals surface area contributed by atoms with Gasteiger partial charge in [0, 0.05) is 31.9 Å². The Hall–Kier alpha value is -2.96. The Morgan fingerprint density at radius 2 is 1.50 bits per heavy atom. The lowest BCUT2D eigenvalue weighted by Gasteiger charge is -2.35. The molecule has 2 aromatic carbocycles. The zero-order valence-corrected chi connectivity index (χ0v) is 17.3. The molecule has 0 saturated carbocycles. The number of aromatic nitrogens is 2. The Kier molecular flexibility index (Phi) is 7.76. The zero-order chi connectivity index (χ0) is 21.3. The van der Waals surface area contributed by atoms with Crippen LogP contribution in [-0.2, 0) is 19.6 Å². The monoisotopic (exact) mass is 407 g/mol. The van der Waals surface area contributed by atoms with Crippen LogP contribution in [0.1, 0.15) is 30.9 Å². The van der Waals surface area contributed by atoms with Gasteiger partial charge in [-0.05, 0) is 17.5 Å². The van der Waals surface area contributed by atoms with Crippen LogP contribution in [0, 0.1) is 0 Å². The molecule has 2 N–H and O–H groups in total. The quantitative estimate of drug-likeness (QED) is 0.542. The summed E-state index contributed by atoms with van der Waals surface area (Å²) < 4.78 is 1.47. The summed E-state index contributed by atoms with van der Waals surface area (Å²) in [6, 6.07) is 21.3. The van der Waals surface area contributed by atoms with Crippen molar-refractivity contribution in [3.05, 3.63) is 105 Å². The predicted molar refractivity (Wildman–Crippen MR) is 118 cm³/mol. The van der Waals surface area contributed by atoms with Gasteiger partial charge in [0.2, 0.25) is 0 Å². The van der Waals surface area contributed by atoms with Gasteiger partial charge in [-0.1, -0.05) is 74.0 Å². The average Bonchev–Trinajstić information content (AvgIpc) is 2.74. The summed E-state index contributed by atoms with van der Waals surface area (Å²) in [6.45, 7) is 3.60. The number of aliphatic hydroxyl groups is 1. The minimum Gasteiger partial charge on any atom is -0.391 e. The predicted octanol–water partition coefficient (Wildman–Crippen LogP) is 2.77.